The lowest BCUT2D eigenvalue weighted by Gasteiger charge is -2.12. The minimum absolute atomic E-state index is 0.0109. The standard InChI is InChI=1S/C12H14ClNO3/c13-11-7-10(14(15)16)5-6-12(11)17-8-9-3-1-2-4-9/h5-7,9H,1-4,8H2. The lowest BCUT2D eigenvalue weighted by Crippen LogP contribution is -2.08. The maximum atomic E-state index is 10.5. The summed E-state index contributed by atoms with van der Waals surface area (Å²) < 4.78 is 5.60. The molecule has 0 aliphatic heterocycles. The summed E-state index contributed by atoms with van der Waals surface area (Å²) in [5.74, 6) is 1.13. The smallest absolute Gasteiger partial charge is 0.271 e. The highest BCUT2D eigenvalue weighted by molar-refractivity contribution is 6.32. The van der Waals surface area contributed by atoms with Gasteiger partial charge in [0, 0.05) is 12.1 Å². The van der Waals surface area contributed by atoms with Crippen molar-refractivity contribution in [3.63, 3.8) is 0 Å². The van der Waals surface area contributed by atoms with E-state index in [-0.39, 0.29) is 5.69 Å². The van der Waals surface area contributed by atoms with Gasteiger partial charge < -0.3 is 4.74 Å². The van der Waals surface area contributed by atoms with Crippen LogP contribution in [0.3, 0.4) is 0 Å². The number of ether oxygens (including phenoxy) is 1. The number of benzene rings is 1. The van der Waals surface area contributed by atoms with E-state index in [1.54, 1.807) is 6.07 Å². The van der Waals surface area contributed by atoms with Crippen molar-refractivity contribution in [3.8, 4) is 5.75 Å². The monoisotopic (exact) mass is 255 g/mol. The molecule has 1 saturated carbocycles. The fraction of sp³-hybridized carbons (Fsp3) is 0.500. The topological polar surface area (TPSA) is 52.4 Å². The van der Waals surface area contributed by atoms with Crippen LogP contribution in [0.15, 0.2) is 18.2 Å². The molecule has 0 aromatic heterocycles. The lowest BCUT2D eigenvalue weighted by molar-refractivity contribution is -0.384. The molecule has 2 rings (SSSR count). The second-order valence-electron chi connectivity index (χ2n) is 4.33. The number of rotatable bonds is 4. The van der Waals surface area contributed by atoms with Crippen molar-refractivity contribution >= 4 is 17.3 Å². The van der Waals surface area contributed by atoms with Gasteiger partial charge in [-0.05, 0) is 24.8 Å². The molecule has 0 heterocycles. The molecule has 5 heteroatoms. The highest BCUT2D eigenvalue weighted by atomic mass is 35.5. The van der Waals surface area contributed by atoms with E-state index in [4.69, 9.17) is 16.3 Å². The van der Waals surface area contributed by atoms with E-state index in [1.165, 1.54) is 37.8 Å². The van der Waals surface area contributed by atoms with Gasteiger partial charge in [-0.2, -0.15) is 0 Å². The summed E-state index contributed by atoms with van der Waals surface area (Å²) in [5, 5.41) is 10.8. The number of non-ortho nitro benzene ring substituents is 1. The predicted molar refractivity (Wildman–Crippen MR) is 65.6 cm³/mol. The minimum Gasteiger partial charge on any atom is -0.492 e. The third kappa shape index (κ3) is 3.09. The molecule has 17 heavy (non-hydrogen) atoms. The van der Waals surface area contributed by atoms with Gasteiger partial charge in [-0.25, -0.2) is 0 Å². The zero-order valence-electron chi connectivity index (χ0n) is 9.39. The van der Waals surface area contributed by atoms with Gasteiger partial charge in [0.15, 0.2) is 0 Å². The minimum atomic E-state index is -0.466. The fourth-order valence-electron chi connectivity index (χ4n) is 2.11. The molecule has 0 radical (unpaired) electrons. The van der Waals surface area contributed by atoms with Crippen LogP contribution >= 0.6 is 11.6 Å². The zero-order chi connectivity index (χ0) is 12.3. The van der Waals surface area contributed by atoms with Crippen molar-refractivity contribution in [1.29, 1.82) is 0 Å². The van der Waals surface area contributed by atoms with E-state index in [2.05, 4.69) is 0 Å². The molecule has 92 valence electrons. The third-order valence-electron chi connectivity index (χ3n) is 3.08. The first-order valence-electron chi connectivity index (χ1n) is 5.73. The van der Waals surface area contributed by atoms with E-state index in [0.29, 0.717) is 23.3 Å². The maximum Gasteiger partial charge on any atom is 0.271 e. The summed E-state index contributed by atoms with van der Waals surface area (Å²) in [7, 11) is 0. The van der Waals surface area contributed by atoms with Crippen LogP contribution in [0.5, 0.6) is 5.75 Å². The maximum absolute atomic E-state index is 10.5. The van der Waals surface area contributed by atoms with Gasteiger partial charge in [0.25, 0.3) is 5.69 Å². The van der Waals surface area contributed by atoms with E-state index in [0.717, 1.165) is 0 Å². The molecular formula is C12H14ClNO3. The van der Waals surface area contributed by atoms with E-state index in [1.807, 2.05) is 0 Å². The highest BCUT2D eigenvalue weighted by Crippen LogP contribution is 2.31. The molecular weight excluding hydrogens is 242 g/mol. The summed E-state index contributed by atoms with van der Waals surface area (Å²) in [6, 6.07) is 4.30. The summed E-state index contributed by atoms with van der Waals surface area (Å²) >= 11 is 5.93. The lowest BCUT2D eigenvalue weighted by atomic mass is 10.1. The van der Waals surface area contributed by atoms with Gasteiger partial charge in [-0.15, -0.1) is 0 Å². The number of nitrogens with zero attached hydrogens (tertiary/aromatic N) is 1. The first-order valence-corrected chi connectivity index (χ1v) is 6.11. The molecule has 0 unspecified atom stereocenters. The van der Waals surface area contributed by atoms with Crippen LogP contribution in [0.1, 0.15) is 25.7 Å². The van der Waals surface area contributed by atoms with Gasteiger partial charge in [-0.3, -0.25) is 10.1 Å². The molecule has 0 spiro atoms. The van der Waals surface area contributed by atoms with Crippen molar-refractivity contribution in [2.24, 2.45) is 5.92 Å². The molecule has 0 saturated heterocycles. The second kappa shape index (κ2) is 5.36. The molecule has 1 fully saturated rings. The molecule has 0 N–H and O–H groups in total. The third-order valence-corrected chi connectivity index (χ3v) is 3.37. The van der Waals surface area contributed by atoms with Crippen molar-refractivity contribution in [2.75, 3.05) is 6.61 Å². The van der Waals surface area contributed by atoms with Crippen LogP contribution in [0, 0.1) is 16.0 Å². The summed E-state index contributed by atoms with van der Waals surface area (Å²) in [6.07, 6.45) is 4.93. The number of nitro benzene ring substituents is 1. The van der Waals surface area contributed by atoms with E-state index >= 15 is 0 Å². The quantitative estimate of drug-likeness (QED) is 0.607. The molecule has 0 bridgehead atoms. The predicted octanol–water partition coefficient (Wildman–Crippen LogP) is 3.82. The largest absolute Gasteiger partial charge is 0.492 e. The molecule has 1 aliphatic carbocycles. The van der Waals surface area contributed by atoms with Gasteiger partial charge >= 0.3 is 0 Å². The van der Waals surface area contributed by atoms with Crippen LogP contribution in [0.25, 0.3) is 0 Å². The van der Waals surface area contributed by atoms with Crippen molar-refractivity contribution in [2.45, 2.75) is 25.7 Å². The Morgan fingerprint density at radius 2 is 2.12 bits per heavy atom. The molecule has 0 amide bonds. The molecule has 4 nitrogen and oxygen atoms in total. The molecule has 1 aromatic rings. The normalized spacial score (nSPS) is 16.1. The molecule has 1 aliphatic rings. The Morgan fingerprint density at radius 3 is 2.71 bits per heavy atom. The number of hydrogen-bond donors (Lipinski definition) is 0. The Hall–Kier alpha value is -1.29. The van der Waals surface area contributed by atoms with Crippen LogP contribution in [0.4, 0.5) is 5.69 Å². The van der Waals surface area contributed by atoms with Crippen LogP contribution < -0.4 is 4.74 Å². The number of hydrogen-bond acceptors (Lipinski definition) is 3. The Morgan fingerprint density at radius 1 is 1.41 bits per heavy atom. The van der Waals surface area contributed by atoms with Crippen molar-refractivity contribution < 1.29 is 9.66 Å². The first kappa shape index (κ1) is 12.2. The van der Waals surface area contributed by atoms with Crippen molar-refractivity contribution in [1.82, 2.24) is 0 Å². The summed E-state index contributed by atoms with van der Waals surface area (Å²) in [4.78, 5) is 10.1. The first-order chi connectivity index (χ1) is 8.16. The van der Waals surface area contributed by atoms with Gasteiger partial charge in [0.2, 0.25) is 0 Å². The average Bonchev–Trinajstić information content (AvgIpc) is 2.80. The van der Waals surface area contributed by atoms with Gasteiger partial charge in [0.05, 0.1) is 16.6 Å². The molecule has 1 aromatic carbocycles. The van der Waals surface area contributed by atoms with Crippen LogP contribution in [0.2, 0.25) is 5.02 Å². The van der Waals surface area contributed by atoms with E-state index in [9.17, 15) is 10.1 Å². The fourth-order valence-corrected chi connectivity index (χ4v) is 2.33. The van der Waals surface area contributed by atoms with Crippen molar-refractivity contribution in [3.05, 3.63) is 33.3 Å². The number of nitro groups is 1. The Bertz CT molecular complexity index is 416. The molecule has 0 atom stereocenters. The SMILES string of the molecule is O=[N+]([O-])c1ccc(OCC2CCCC2)c(Cl)c1. The van der Waals surface area contributed by atoms with Gasteiger partial charge in [0.1, 0.15) is 5.75 Å². The summed E-state index contributed by atoms with van der Waals surface area (Å²) in [5.41, 5.74) is -0.0109. The van der Waals surface area contributed by atoms with Crippen LogP contribution in [-0.2, 0) is 0 Å². The Kier molecular flexibility index (Phi) is 3.84. The Balaban J connectivity index is 1.98. The van der Waals surface area contributed by atoms with Crippen LogP contribution in [-0.4, -0.2) is 11.5 Å². The van der Waals surface area contributed by atoms with E-state index < -0.39 is 4.92 Å². The summed E-state index contributed by atoms with van der Waals surface area (Å²) in [6.45, 7) is 0.650. The van der Waals surface area contributed by atoms with Gasteiger partial charge in [-0.1, -0.05) is 24.4 Å². The average molecular weight is 256 g/mol. The number of halogens is 1. The Labute approximate surface area is 105 Å². The highest BCUT2D eigenvalue weighted by Gasteiger charge is 2.17. The zero-order valence-corrected chi connectivity index (χ0v) is 10.2. The second-order valence-corrected chi connectivity index (χ2v) is 4.74.